The molecule has 0 spiro atoms. The minimum absolute atomic E-state index is 0.263. The summed E-state index contributed by atoms with van der Waals surface area (Å²) >= 11 is 6.02. The summed E-state index contributed by atoms with van der Waals surface area (Å²) in [6.45, 7) is 7.09. The van der Waals surface area contributed by atoms with E-state index < -0.39 is 6.04 Å². The third-order valence-corrected chi connectivity index (χ3v) is 4.69. The first-order chi connectivity index (χ1) is 13.1. The van der Waals surface area contributed by atoms with Gasteiger partial charge in [-0.2, -0.15) is 0 Å². The molecule has 0 N–H and O–H groups in total. The molecule has 0 bridgehead atoms. The summed E-state index contributed by atoms with van der Waals surface area (Å²) in [6, 6.07) is 6.90. The van der Waals surface area contributed by atoms with Crippen molar-refractivity contribution in [3.63, 3.8) is 0 Å². The van der Waals surface area contributed by atoms with Crippen LogP contribution in [0.25, 0.3) is 17.8 Å². The number of morpholine rings is 1. The minimum Gasteiger partial charge on any atom is -0.467 e. The van der Waals surface area contributed by atoms with E-state index in [1.807, 2.05) is 52.9 Å². The van der Waals surface area contributed by atoms with Crippen LogP contribution < -0.4 is 15.5 Å². The number of carbonyl (C=O) groups excluding carboxylic acids is 1. The van der Waals surface area contributed by atoms with E-state index in [1.54, 1.807) is 6.08 Å². The molecule has 1 aromatic carbocycles. The normalized spacial score (nSPS) is 18.6. The van der Waals surface area contributed by atoms with Crippen molar-refractivity contribution >= 4 is 35.5 Å². The lowest BCUT2D eigenvalue weighted by Crippen LogP contribution is -2.52. The summed E-state index contributed by atoms with van der Waals surface area (Å²) in [5.74, 6) is 0.346. The maximum atomic E-state index is 12.3. The third kappa shape index (κ3) is 3.77. The number of ether oxygens (including phenoxy) is 2. The van der Waals surface area contributed by atoms with Gasteiger partial charge in [-0.1, -0.05) is 30.3 Å². The zero-order valence-corrected chi connectivity index (χ0v) is 16.1. The van der Waals surface area contributed by atoms with Gasteiger partial charge in [-0.15, -0.1) is 5.10 Å². The van der Waals surface area contributed by atoms with E-state index in [9.17, 15) is 4.79 Å². The fourth-order valence-electron chi connectivity index (χ4n) is 3.17. The Labute approximate surface area is 162 Å². The Morgan fingerprint density at radius 1 is 1.41 bits per heavy atom. The summed E-state index contributed by atoms with van der Waals surface area (Å²) in [6.07, 6.45) is 5.59. The second-order valence-electron chi connectivity index (χ2n) is 6.01. The summed E-state index contributed by atoms with van der Waals surface area (Å²) < 4.78 is 12.3. The lowest BCUT2D eigenvalue weighted by molar-refractivity contribution is -0.144. The van der Waals surface area contributed by atoms with Gasteiger partial charge in [0, 0.05) is 16.8 Å². The zero-order chi connectivity index (χ0) is 19.4. The standard InChI is InChI=1S/C20H22ClN3O3/c1-4-6-16-17(5-2)24(15-9-7-14(21)8-10-15)22-19(16)23-11-12-27-13-18(23)20(25)26-3/h4-10,18H,1,11-13H2,2-3H3/b16-6+,17-5+. The highest BCUT2D eigenvalue weighted by molar-refractivity contribution is 6.30. The molecule has 1 aliphatic rings. The van der Waals surface area contributed by atoms with Crippen LogP contribution in [0.2, 0.25) is 5.02 Å². The third-order valence-electron chi connectivity index (χ3n) is 4.44. The molecule has 7 heteroatoms. The molecule has 1 aliphatic heterocycles. The first kappa shape index (κ1) is 19.2. The second kappa shape index (κ2) is 8.41. The van der Waals surface area contributed by atoms with Crippen LogP contribution in [0.15, 0.2) is 36.9 Å². The predicted molar refractivity (Wildman–Crippen MR) is 107 cm³/mol. The first-order valence-electron chi connectivity index (χ1n) is 8.67. The van der Waals surface area contributed by atoms with Crippen LogP contribution in [-0.2, 0) is 14.3 Å². The fourth-order valence-corrected chi connectivity index (χ4v) is 3.29. The van der Waals surface area contributed by atoms with Gasteiger partial charge in [-0.3, -0.25) is 0 Å². The van der Waals surface area contributed by atoms with Gasteiger partial charge in [0.15, 0.2) is 11.9 Å². The number of methoxy groups -OCH3 is 1. The van der Waals surface area contributed by atoms with Crippen LogP contribution in [0.4, 0.5) is 5.82 Å². The maximum absolute atomic E-state index is 12.3. The molecule has 1 aromatic heterocycles. The molecular weight excluding hydrogens is 366 g/mol. The van der Waals surface area contributed by atoms with Crippen molar-refractivity contribution in [3.05, 3.63) is 52.5 Å². The molecule has 0 saturated carbocycles. The highest BCUT2D eigenvalue weighted by Crippen LogP contribution is 2.17. The molecule has 1 unspecified atom stereocenters. The van der Waals surface area contributed by atoms with E-state index in [0.717, 1.165) is 16.3 Å². The van der Waals surface area contributed by atoms with Crippen LogP contribution in [-0.4, -0.2) is 48.7 Å². The number of rotatable bonds is 4. The van der Waals surface area contributed by atoms with Crippen molar-refractivity contribution in [1.82, 2.24) is 9.78 Å². The number of carbonyl (C=O) groups is 1. The average molecular weight is 388 g/mol. The van der Waals surface area contributed by atoms with Gasteiger partial charge in [0.25, 0.3) is 0 Å². The number of esters is 1. The second-order valence-corrected chi connectivity index (χ2v) is 6.45. The maximum Gasteiger partial charge on any atom is 0.330 e. The first-order valence-corrected chi connectivity index (χ1v) is 9.04. The summed E-state index contributed by atoms with van der Waals surface area (Å²) in [4.78, 5) is 14.2. The molecule has 27 heavy (non-hydrogen) atoms. The quantitative estimate of drug-likeness (QED) is 0.747. The number of hydrogen-bond acceptors (Lipinski definition) is 5. The highest BCUT2D eigenvalue weighted by atomic mass is 35.5. The number of anilines is 1. The van der Waals surface area contributed by atoms with E-state index in [2.05, 4.69) is 6.58 Å². The molecular formula is C20H22ClN3O3. The topological polar surface area (TPSA) is 56.6 Å². The summed E-state index contributed by atoms with van der Waals surface area (Å²) in [5, 5.41) is 7.27. The molecule has 1 fully saturated rings. The Balaban J connectivity index is 2.20. The van der Waals surface area contributed by atoms with E-state index >= 15 is 0 Å². The minimum atomic E-state index is -0.543. The number of benzene rings is 1. The molecule has 0 aliphatic carbocycles. The average Bonchev–Trinajstić information content (AvgIpc) is 3.06. The van der Waals surface area contributed by atoms with Gasteiger partial charge >= 0.3 is 5.97 Å². The van der Waals surface area contributed by atoms with Gasteiger partial charge in [0.2, 0.25) is 0 Å². The molecule has 3 rings (SSSR count). The lowest BCUT2D eigenvalue weighted by atomic mass is 10.2. The van der Waals surface area contributed by atoms with Crippen LogP contribution in [0.3, 0.4) is 0 Å². The Hall–Kier alpha value is -2.57. The van der Waals surface area contributed by atoms with Crippen LogP contribution in [0.1, 0.15) is 6.92 Å². The summed E-state index contributed by atoms with van der Waals surface area (Å²) in [7, 11) is 1.38. The van der Waals surface area contributed by atoms with Crippen molar-refractivity contribution in [2.24, 2.45) is 0 Å². The zero-order valence-electron chi connectivity index (χ0n) is 15.4. The van der Waals surface area contributed by atoms with Crippen molar-refractivity contribution in [1.29, 1.82) is 0 Å². The number of aromatic nitrogens is 2. The van der Waals surface area contributed by atoms with Crippen molar-refractivity contribution in [3.8, 4) is 5.69 Å². The SMILES string of the molecule is C=C/C=c1/c(N2CCOCC2C(=O)OC)nn(-c2ccc(Cl)cc2)/c1=C/C. The molecule has 0 radical (unpaired) electrons. The molecule has 1 saturated heterocycles. The monoisotopic (exact) mass is 387 g/mol. The smallest absolute Gasteiger partial charge is 0.330 e. The molecule has 6 nitrogen and oxygen atoms in total. The molecule has 2 aromatic rings. The van der Waals surface area contributed by atoms with Crippen LogP contribution in [0, 0.1) is 0 Å². The van der Waals surface area contributed by atoms with Gasteiger partial charge in [-0.25, -0.2) is 9.48 Å². The van der Waals surface area contributed by atoms with Crippen molar-refractivity contribution in [2.75, 3.05) is 31.8 Å². The summed E-state index contributed by atoms with van der Waals surface area (Å²) in [5.41, 5.74) is 0.875. The lowest BCUT2D eigenvalue weighted by Gasteiger charge is -2.33. The van der Waals surface area contributed by atoms with Gasteiger partial charge in [0.05, 0.1) is 31.4 Å². The Morgan fingerprint density at radius 3 is 2.78 bits per heavy atom. The number of allylic oxidation sites excluding steroid dienone is 1. The van der Waals surface area contributed by atoms with Crippen LogP contribution >= 0.6 is 11.6 Å². The van der Waals surface area contributed by atoms with E-state index in [1.165, 1.54) is 7.11 Å². The van der Waals surface area contributed by atoms with Crippen molar-refractivity contribution < 1.29 is 14.3 Å². The Kier molecular flexibility index (Phi) is 5.98. The molecule has 2 heterocycles. The highest BCUT2D eigenvalue weighted by Gasteiger charge is 2.32. The van der Waals surface area contributed by atoms with E-state index in [0.29, 0.717) is 24.0 Å². The van der Waals surface area contributed by atoms with Crippen LogP contribution in [0.5, 0.6) is 0 Å². The fraction of sp³-hybridized carbons (Fsp3) is 0.300. The number of halogens is 1. The van der Waals surface area contributed by atoms with Gasteiger partial charge in [-0.05, 0) is 37.3 Å². The largest absolute Gasteiger partial charge is 0.467 e. The molecule has 142 valence electrons. The predicted octanol–water partition coefficient (Wildman–Crippen LogP) is 1.67. The van der Waals surface area contributed by atoms with Crippen molar-refractivity contribution in [2.45, 2.75) is 13.0 Å². The van der Waals surface area contributed by atoms with Gasteiger partial charge < -0.3 is 14.4 Å². The Bertz CT molecular complexity index is 950. The van der Waals surface area contributed by atoms with E-state index in [4.69, 9.17) is 26.2 Å². The number of hydrogen-bond donors (Lipinski definition) is 0. The van der Waals surface area contributed by atoms with Gasteiger partial charge in [0.1, 0.15) is 0 Å². The molecule has 0 amide bonds. The Morgan fingerprint density at radius 2 is 2.15 bits per heavy atom. The number of nitrogens with zero attached hydrogens (tertiary/aromatic N) is 3. The van der Waals surface area contributed by atoms with E-state index in [-0.39, 0.29) is 12.6 Å². The molecule has 1 atom stereocenters.